The van der Waals surface area contributed by atoms with E-state index in [1.807, 2.05) is 0 Å². The van der Waals surface area contributed by atoms with Crippen LogP contribution in [-0.2, 0) is 0 Å². The number of primary amides is 1. The average molecular weight is 232 g/mol. The third kappa shape index (κ3) is 1.64. The Bertz CT molecular complexity index is 315. The van der Waals surface area contributed by atoms with Gasteiger partial charge in [-0.25, -0.2) is 4.39 Å². The van der Waals surface area contributed by atoms with E-state index in [1.54, 1.807) is 6.92 Å². The molecule has 1 rings (SSSR count). The van der Waals surface area contributed by atoms with Crippen LogP contribution in [0.5, 0.6) is 0 Å². The molecule has 0 atom stereocenters. The lowest BCUT2D eigenvalue weighted by Crippen LogP contribution is -2.11. The molecule has 12 heavy (non-hydrogen) atoms. The molecule has 0 saturated carbocycles. The van der Waals surface area contributed by atoms with Crippen LogP contribution in [0.1, 0.15) is 15.9 Å². The summed E-state index contributed by atoms with van der Waals surface area (Å²) in [5.41, 5.74) is 5.62. The van der Waals surface area contributed by atoms with E-state index in [1.165, 1.54) is 6.07 Å². The molecule has 4 heteroatoms. The Hall–Kier alpha value is -0.900. The predicted octanol–water partition coefficient (Wildman–Crippen LogP) is 2.00. The third-order valence-corrected chi connectivity index (χ3v) is 2.39. The van der Waals surface area contributed by atoms with Gasteiger partial charge >= 0.3 is 0 Å². The molecule has 0 bridgehead atoms. The van der Waals surface area contributed by atoms with E-state index in [2.05, 4.69) is 15.9 Å². The standard InChI is InChI=1S/C8H7BrFNO/c1-4-6(9)2-5(8(11)12)3-7(4)10/h2-3H,1H3,(H2,11,12). The number of benzene rings is 1. The molecule has 1 aromatic carbocycles. The first kappa shape index (κ1) is 9.19. The minimum absolute atomic E-state index is 0.171. The zero-order chi connectivity index (χ0) is 9.30. The highest BCUT2D eigenvalue weighted by Crippen LogP contribution is 2.20. The fourth-order valence-corrected chi connectivity index (χ4v) is 1.22. The summed E-state index contributed by atoms with van der Waals surface area (Å²) >= 11 is 3.12. The molecule has 0 aromatic heterocycles. The highest BCUT2D eigenvalue weighted by molar-refractivity contribution is 9.10. The highest BCUT2D eigenvalue weighted by Gasteiger charge is 2.07. The van der Waals surface area contributed by atoms with Crippen molar-refractivity contribution in [3.8, 4) is 0 Å². The summed E-state index contributed by atoms with van der Waals surface area (Å²) in [5, 5.41) is 0. The fourth-order valence-electron chi connectivity index (χ4n) is 0.788. The van der Waals surface area contributed by atoms with Gasteiger partial charge in [0.1, 0.15) is 5.82 Å². The molecule has 0 aliphatic heterocycles. The van der Waals surface area contributed by atoms with E-state index in [9.17, 15) is 9.18 Å². The topological polar surface area (TPSA) is 43.1 Å². The molecule has 0 spiro atoms. The SMILES string of the molecule is Cc1c(F)cc(C(N)=O)cc1Br. The van der Waals surface area contributed by atoms with Crippen LogP contribution in [0.2, 0.25) is 0 Å². The molecule has 0 heterocycles. The minimum atomic E-state index is -0.630. The largest absolute Gasteiger partial charge is 0.366 e. The van der Waals surface area contributed by atoms with E-state index >= 15 is 0 Å². The normalized spacial score (nSPS) is 9.92. The van der Waals surface area contributed by atoms with Gasteiger partial charge in [-0.1, -0.05) is 15.9 Å². The van der Waals surface area contributed by atoms with Crippen molar-refractivity contribution in [2.45, 2.75) is 6.92 Å². The van der Waals surface area contributed by atoms with Crippen LogP contribution in [-0.4, -0.2) is 5.91 Å². The van der Waals surface area contributed by atoms with Gasteiger partial charge in [-0.05, 0) is 24.6 Å². The monoisotopic (exact) mass is 231 g/mol. The Labute approximate surface area is 77.7 Å². The molecule has 64 valence electrons. The van der Waals surface area contributed by atoms with E-state index in [-0.39, 0.29) is 5.56 Å². The van der Waals surface area contributed by atoms with Crippen molar-refractivity contribution < 1.29 is 9.18 Å². The first-order chi connectivity index (χ1) is 5.52. The summed E-state index contributed by atoms with van der Waals surface area (Å²) in [6.07, 6.45) is 0. The second-order valence-electron chi connectivity index (χ2n) is 2.43. The Kier molecular flexibility index (Phi) is 2.47. The number of nitrogens with two attached hydrogens (primary N) is 1. The summed E-state index contributed by atoms with van der Waals surface area (Å²) in [4.78, 5) is 10.7. The molecular weight excluding hydrogens is 225 g/mol. The Morgan fingerprint density at radius 3 is 2.58 bits per heavy atom. The number of amides is 1. The van der Waals surface area contributed by atoms with Crippen LogP contribution in [0.15, 0.2) is 16.6 Å². The number of halogens is 2. The number of rotatable bonds is 1. The first-order valence-electron chi connectivity index (χ1n) is 3.28. The third-order valence-electron chi connectivity index (χ3n) is 1.57. The van der Waals surface area contributed by atoms with Crippen molar-refractivity contribution >= 4 is 21.8 Å². The summed E-state index contributed by atoms with van der Waals surface area (Å²) < 4.78 is 13.5. The zero-order valence-electron chi connectivity index (χ0n) is 6.40. The van der Waals surface area contributed by atoms with E-state index in [4.69, 9.17) is 5.73 Å². The maximum atomic E-state index is 13.0. The van der Waals surface area contributed by atoms with Gasteiger partial charge in [0.25, 0.3) is 0 Å². The van der Waals surface area contributed by atoms with Gasteiger partial charge in [0.05, 0.1) is 0 Å². The molecule has 0 radical (unpaired) electrons. The summed E-state index contributed by atoms with van der Waals surface area (Å²) in [6.45, 7) is 1.62. The van der Waals surface area contributed by atoms with Gasteiger partial charge in [-0.2, -0.15) is 0 Å². The van der Waals surface area contributed by atoms with E-state index < -0.39 is 11.7 Å². The molecule has 2 N–H and O–H groups in total. The van der Waals surface area contributed by atoms with Crippen molar-refractivity contribution in [3.05, 3.63) is 33.5 Å². The second kappa shape index (κ2) is 3.23. The van der Waals surface area contributed by atoms with Crippen molar-refractivity contribution in [2.24, 2.45) is 5.73 Å². The smallest absolute Gasteiger partial charge is 0.248 e. The molecule has 0 aliphatic rings. The zero-order valence-corrected chi connectivity index (χ0v) is 7.98. The number of hydrogen-bond donors (Lipinski definition) is 1. The van der Waals surface area contributed by atoms with Crippen molar-refractivity contribution in [1.82, 2.24) is 0 Å². The Balaban J connectivity index is 3.31. The van der Waals surface area contributed by atoms with E-state index in [0.717, 1.165) is 6.07 Å². The number of carbonyl (C=O) groups excluding carboxylic acids is 1. The van der Waals surface area contributed by atoms with Gasteiger partial charge < -0.3 is 5.73 Å². The van der Waals surface area contributed by atoms with Crippen LogP contribution < -0.4 is 5.73 Å². The first-order valence-corrected chi connectivity index (χ1v) is 4.07. The van der Waals surface area contributed by atoms with Gasteiger partial charge in [0.15, 0.2) is 0 Å². The van der Waals surface area contributed by atoms with Gasteiger partial charge in [-0.15, -0.1) is 0 Å². The van der Waals surface area contributed by atoms with Gasteiger partial charge in [0.2, 0.25) is 5.91 Å². The Morgan fingerprint density at radius 2 is 2.17 bits per heavy atom. The highest BCUT2D eigenvalue weighted by atomic mass is 79.9. The maximum Gasteiger partial charge on any atom is 0.248 e. The van der Waals surface area contributed by atoms with Crippen LogP contribution in [0, 0.1) is 12.7 Å². The van der Waals surface area contributed by atoms with Crippen molar-refractivity contribution in [1.29, 1.82) is 0 Å². The molecule has 0 fully saturated rings. The predicted molar refractivity (Wildman–Crippen MR) is 47.4 cm³/mol. The van der Waals surface area contributed by atoms with E-state index in [0.29, 0.717) is 10.0 Å². The Morgan fingerprint density at radius 1 is 1.58 bits per heavy atom. The van der Waals surface area contributed by atoms with Crippen molar-refractivity contribution in [2.75, 3.05) is 0 Å². The fraction of sp³-hybridized carbons (Fsp3) is 0.125. The summed E-state index contributed by atoms with van der Waals surface area (Å²) in [7, 11) is 0. The number of hydrogen-bond acceptors (Lipinski definition) is 1. The quantitative estimate of drug-likeness (QED) is 0.790. The average Bonchev–Trinajstić information content (AvgIpc) is 1.99. The maximum absolute atomic E-state index is 13.0. The molecular formula is C8H7BrFNO. The number of carbonyl (C=O) groups is 1. The minimum Gasteiger partial charge on any atom is -0.366 e. The second-order valence-corrected chi connectivity index (χ2v) is 3.28. The van der Waals surface area contributed by atoms with Crippen LogP contribution >= 0.6 is 15.9 Å². The summed E-state index contributed by atoms with van der Waals surface area (Å²) in [6, 6.07) is 2.63. The molecule has 1 amide bonds. The lowest BCUT2D eigenvalue weighted by atomic mass is 10.1. The van der Waals surface area contributed by atoms with Crippen LogP contribution in [0.4, 0.5) is 4.39 Å². The molecule has 0 saturated heterocycles. The van der Waals surface area contributed by atoms with Crippen molar-refractivity contribution in [3.63, 3.8) is 0 Å². The molecule has 2 nitrogen and oxygen atoms in total. The van der Waals surface area contributed by atoms with Crippen LogP contribution in [0.3, 0.4) is 0 Å². The van der Waals surface area contributed by atoms with Crippen LogP contribution in [0.25, 0.3) is 0 Å². The molecule has 0 aliphatic carbocycles. The lowest BCUT2D eigenvalue weighted by molar-refractivity contribution is 0.1000. The molecule has 1 aromatic rings. The van der Waals surface area contributed by atoms with Gasteiger partial charge in [0, 0.05) is 10.0 Å². The lowest BCUT2D eigenvalue weighted by Gasteiger charge is -2.01. The molecule has 0 unspecified atom stereocenters. The van der Waals surface area contributed by atoms with Gasteiger partial charge in [-0.3, -0.25) is 4.79 Å². The summed E-state index contributed by atoms with van der Waals surface area (Å²) in [5.74, 6) is -1.06.